The predicted octanol–water partition coefficient (Wildman–Crippen LogP) is 3.63. The summed E-state index contributed by atoms with van der Waals surface area (Å²) in [4.78, 5) is 4.44. The minimum Gasteiger partial charge on any atom is -0.480 e. The molecule has 2 heterocycles. The number of pyridine rings is 1. The van der Waals surface area contributed by atoms with E-state index in [1.54, 1.807) is 25.4 Å². The molecule has 0 amide bonds. The monoisotopic (exact) mass is 450 g/mol. The third kappa shape index (κ3) is 3.24. The van der Waals surface area contributed by atoms with E-state index in [-0.39, 0.29) is 4.90 Å². The molecule has 2 N–H and O–H groups in total. The van der Waals surface area contributed by atoms with E-state index in [0.717, 1.165) is 33.8 Å². The molecule has 0 bridgehead atoms. The van der Waals surface area contributed by atoms with Crippen molar-refractivity contribution >= 4 is 36.9 Å². The standard InChI is InChI=1S/C18H19BrN4O3S/c1-26-18-15-16(11-6-8-13(9-7-11)27(20,24)25)22-23(12-4-2-3-5-12)17(15)14(19)10-21-18/h6-10,12H,2-5H2,1H3,(H2,20,24,25). The summed E-state index contributed by atoms with van der Waals surface area (Å²) in [7, 11) is -2.16. The molecule has 2 aromatic heterocycles. The van der Waals surface area contributed by atoms with Gasteiger partial charge in [0.2, 0.25) is 15.9 Å². The van der Waals surface area contributed by atoms with E-state index in [2.05, 4.69) is 25.6 Å². The molecule has 1 aliphatic rings. The fourth-order valence-electron chi connectivity index (χ4n) is 3.68. The van der Waals surface area contributed by atoms with Crippen molar-refractivity contribution < 1.29 is 13.2 Å². The zero-order valence-corrected chi connectivity index (χ0v) is 17.1. The van der Waals surface area contributed by atoms with Gasteiger partial charge in [-0.25, -0.2) is 18.5 Å². The third-order valence-electron chi connectivity index (χ3n) is 4.97. The molecule has 9 heteroatoms. The average Bonchev–Trinajstić information content (AvgIpc) is 3.30. The van der Waals surface area contributed by atoms with Crippen LogP contribution in [0.3, 0.4) is 0 Å². The highest BCUT2D eigenvalue weighted by atomic mass is 79.9. The molecule has 0 atom stereocenters. The highest BCUT2D eigenvalue weighted by Gasteiger charge is 2.26. The lowest BCUT2D eigenvalue weighted by Gasteiger charge is -2.12. The Morgan fingerprint density at radius 1 is 1.22 bits per heavy atom. The van der Waals surface area contributed by atoms with Crippen LogP contribution in [-0.2, 0) is 10.0 Å². The van der Waals surface area contributed by atoms with E-state index >= 15 is 0 Å². The number of primary sulfonamides is 1. The summed E-state index contributed by atoms with van der Waals surface area (Å²) in [5.74, 6) is 0.489. The topological polar surface area (TPSA) is 100 Å². The zero-order chi connectivity index (χ0) is 19.2. The minimum absolute atomic E-state index is 0.0667. The van der Waals surface area contributed by atoms with Gasteiger partial charge in [-0.05, 0) is 40.9 Å². The summed E-state index contributed by atoms with van der Waals surface area (Å²) in [6.07, 6.45) is 6.26. The second kappa shape index (κ2) is 6.88. The second-order valence-corrected chi connectivity index (χ2v) is 9.06. The van der Waals surface area contributed by atoms with Gasteiger partial charge in [-0.3, -0.25) is 4.68 Å². The smallest absolute Gasteiger partial charge is 0.238 e. The lowest BCUT2D eigenvalue weighted by Crippen LogP contribution is -2.11. The average molecular weight is 451 g/mol. The molecule has 4 rings (SSSR count). The molecule has 0 radical (unpaired) electrons. The molecule has 0 spiro atoms. The van der Waals surface area contributed by atoms with E-state index in [1.807, 2.05) is 0 Å². The van der Waals surface area contributed by atoms with Crippen LogP contribution in [0, 0.1) is 0 Å². The first-order valence-electron chi connectivity index (χ1n) is 8.64. The molecule has 142 valence electrons. The zero-order valence-electron chi connectivity index (χ0n) is 14.7. The summed E-state index contributed by atoms with van der Waals surface area (Å²) < 4.78 is 31.5. The van der Waals surface area contributed by atoms with Gasteiger partial charge in [0.1, 0.15) is 5.69 Å². The van der Waals surface area contributed by atoms with Crippen LogP contribution in [-0.4, -0.2) is 30.3 Å². The molecule has 0 unspecified atom stereocenters. The van der Waals surface area contributed by atoms with E-state index in [0.29, 0.717) is 17.6 Å². The number of methoxy groups -OCH3 is 1. The van der Waals surface area contributed by atoms with Crippen LogP contribution in [0.15, 0.2) is 39.8 Å². The maximum Gasteiger partial charge on any atom is 0.238 e. The number of nitrogens with zero attached hydrogens (tertiary/aromatic N) is 3. The highest BCUT2D eigenvalue weighted by Crippen LogP contribution is 2.41. The largest absolute Gasteiger partial charge is 0.480 e. The Bertz CT molecular complexity index is 1100. The van der Waals surface area contributed by atoms with Crippen LogP contribution in [0.5, 0.6) is 5.88 Å². The number of rotatable bonds is 4. The van der Waals surface area contributed by atoms with Gasteiger partial charge in [-0.15, -0.1) is 0 Å². The molecule has 1 aliphatic carbocycles. The minimum atomic E-state index is -3.74. The quantitative estimate of drug-likeness (QED) is 0.653. The summed E-state index contributed by atoms with van der Waals surface area (Å²) >= 11 is 3.61. The van der Waals surface area contributed by atoms with Gasteiger partial charge in [-0.2, -0.15) is 5.10 Å². The number of aromatic nitrogens is 3. The van der Waals surface area contributed by atoms with Crippen molar-refractivity contribution in [2.45, 2.75) is 36.6 Å². The summed E-state index contributed by atoms with van der Waals surface area (Å²) in [5, 5.41) is 10.9. The van der Waals surface area contributed by atoms with Crippen LogP contribution in [0.4, 0.5) is 0 Å². The van der Waals surface area contributed by atoms with Crippen molar-refractivity contribution in [3.63, 3.8) is 0 Å². The Hall–Kier alpha value is -1.97. The maximum absolute atomic E-state index is 11.5. The second-order valence-electron chi connectivity index (χ2n) is 6.64. The van der Waals surface area contributed by atoms with Crippen LogP contribution in [0.25, 0.3) is 22.2 Å². The van der Waals surface area contributed by atoms with Crippen molar-refractivity contribution in [3.8, 4) is 17.1 Å². The van der Waals surface area contributed by atoms with Crippen LogP contribution in [0.1, 0.15) is 31.7 Å². The fourth-order valence-corrected chi connectivity index (χ4v) is 4.68. The number of hydrogen-bond donors (Lipinski definition) is 1. The lowest BCUT2D eigenvalue weighted by molar-refractivity contribution is 0.403. The molecule has 1 aromatic carbocycles. The molecular formula is C18H19BrN4O3S. The first kappa shape index (κ1) is 18.4. The van der Waals surface area contributed by atoms with E-state index in [4.69, 9.17) is 15.0 Å². The SMILES string of the molecule is COc1ncc(Br)c2c1c(-c1ccc(S(N)(=O)=O)cc1)nn2C1CCCC1. The van der Waals surface area contributed by atoms with Crippen molar-refractivity contribution in [1.29, 1.82) is 0 Å². The van der Waals surface area contributed by atoms with E-state index < -0.39 is 10.0 Å². The number of nitrogens with two attached hydrogens (primary N) is 1. The Balaban J connectivity index is 1.96. The van der Waals surface area contributed by atoms with Crippen molar-refractivity contribution in [2.24, 2.45) is 5.14 Å². The summed E-state index contributed by atoms with van der Waals surface area (Å²) in [6.45, 7) is 0. The molecule has 27 heavy (non-hydrogen) atoms. The predicted molar refractivity (Wildman–Crippen MR) is 106 cm³/mol. The van der Waals surface area contributed by atoms with E-state index in [9.17, 15) is 8.42 Å². The number of fused-ring (bicyclic) bond motifs is 1. The molecular weight excluding hydrogens is 432 g/mol. The van der Waals surface area contributed by atoms with Gasteiger partial charge in [0.25, 0.3) is 0 Å². The van der Waals surface area contributed by atoms with Gasteiger partial charge in [0.15, 0.2) is 0 Å². The molecule has 1 fully saturated rings. The van der Waals surface area contributed by atoms with Gasteiger partial charge in [-0.1, -0.05) is 25.0 Å². The van der Waals surface area contributed by atoms with Gasteiger partial charge in [0, 0.05) is 11.8 Å². The fraction of sp³-hybridized carbons (Fsp3) is 0.333. The van der Waals surface area contributed by atoms with Crippen molar-refractivity contribution in [3.05, 3.63) is 34.9 Å². The number of hydrogen-bond acceptors (Lipinski definition) is 5. The lowest BCUT2D eigenvalue weighted by atomic mass is 10.1. The molecule has 7 nitrogen and oxygen atoms in total. The Morgan fingerprint density at radius 2 is 1.89 bits per heavy atom. The Morgan fingerprint density at radius 3 is 2.48 bits per heavy atom. The maximum atomic E-state index is 11.5. The van der Waals surface area contributed by atoms with Gasteiger partial charge in [0.05, 0.1) is 33.4 Å². The van der Waals surface area contributed by atoms with Crippen LogP contribution < -0.4 is 9.88 Å². The molecule has 3 aromatic rings. The van der Waals surface area contributed by atoms with Gasteiger partial charge >= 0.3 is 0 Å². The Labute approximate surface area is 165 Å². The van der Waals surface area contributed by atoms with Crippen molar-refractivity contribution in [1.82, 2.24) is 14.8 Å². The molecule has 0 saturated heterocycles. The van der Waals surface area contributed by atoms with Crippen LogP contribution in [0.2, 0.25) is 0 Å². The van der Waals surface area contributed by atoms with Crippen LogP contribution >= 0.6 is 15.9 Å². The normalized spacial score (nSPS) is 15.5. The van der Waals surface area contributed by atoms with Crippen molar-refractivity contribution in [2.75, 3.05) is 7.11 Å². The number of halogens is 1. The Kier molecular flexibility index (Phi) is 4.69. The first-order valence-corrected chi connectivity index (χ1v) is 11.0. The summed E-state index contributed by atoms with van der Waals surface area (Å²) in [5.41, 5.74) is 2.44. The number of benzene rings is 1. The van der Waals surface area contributed by atoms with Gasteiger partial charge < -0.3 is 4.74 Å². The van der Waals surface area contributed by atoms with E-state index in [1.165, 1.54) is 25.0 Å². The molecule has 0 aliphatic heterocycles. The highest BCUT2D eigenvalue weighted by molar-refractivity contribution is 9.10. The number of ether oxygens (including phenoxy) is 1. The summed E-state index contributed by atoms with van der Waals surface area (Å²) in [6, 6.07) is 6.72. The molecule has 1 saturated carbocycles. The first-order chi connectivity index (χ1) is 12.9. The number of sulfonamides is 1. The third-order valence-corrected chi connectivity index (χ3v) is 6.48.